The lowest BCUT2D eigenvalue weighted by Gasteiger charge is -2.06. The maximum Gasteiger partial charge on any atom is 0.244 e. The number of nitrogens with zero attached hydrogens (tertiary/aromatic N) is 2. The molecule has 0 aliphatic heterocycles. The molecule has 0 atom stereocenters. The highest BCUT2D eigenvalue weighted by molar-refractivity contribution is 7.89. The van der Waals surface area contributed by atoms with E-state index in [1.54, 1.807) is 30.8 Å². The van der Waals surface area contributed by atoms with E-state index < -0.39 is 10.0 Å². The highest BCUT2D eigenvalue weighted by Gasteiger charge is 2.20. The first-order valence-electron chi connectivity index (χ1n) is 7.74. The van der Waals surface area contributed by atoms with E-state index in [1.165, 1.54) is 6.20 Å². The summed E-state index contributed by atoms with van der Waals surface area (Å²) in [5.41, 5.74) is 2.10. The standard InChI is InChI=1S/C18H19N3O3S/c1-14-18(13-21(20-14)16-6-4-3-5-7-16)25(22,23)19-12-15-8-10-17(24-2)11-9-15/h3-11,13,19H,12H2,1-2H3. The molecule has 2 aromatic carbocycles. The maximum atomic E-state index is 12.6. The normalized spacial score (nSPS) is 11.4. The molecular formula is C18H19N3O3S. The summed E-state index contributed by atoms with van der Waals surface area (Å²) in [5, 5.41) is 4.31. The Balaban J connectivity index is 1.79. The lowest BCUT2D eigenvalue weighted by Crippen LogP contribution is -2.23. The van der Waals surface area contributed by atoms with Gasteiger partial charge >= 0.3 is 0 Å². The monoisotopic (exact) mass is 357 g/mol. The van der Waals surface area contributed by atoms with Crippen LogP contribution < -0.4 is 9.46 Å². The van der Waals surface area contributed by atoms with Crippen LogP contribution in [0.4, 0.5) is 0 Å². The van der Waals surface area contributed by atoms with Gasteiger partial charge in [-0.05, 0) is 36.8 Å². The SMILES string of the molecule is COc1ccc(CNS(=O)(=O)c2cn(-c3ccccc3)nc2C)cc1. The van der Waals surface area contributed by atoms with Crippen molar-refractivity contribution in [3.8, 4) is 11.4 Å². The summed E-state index contributed by atoms with van der Waals surface area (Å²) in [4.78, 5) is 0.171. The number of rotatable bonds is 6. The predicted molar refractivity (Wildman–Crippen MR) is 95.3 cm³/mol. The minimum atomic E-state index is -3.66. The molecule has 0 fully saturated rings. The Morgan fingerprint density at radius 1 is 1.08 bits per heavy atom. The number of hydrogen-bond donors (Lipinski definition) is 1. The largest absolute Gasteiger partial charge is 0.497 e. The Labute approximate surface area is 147 Å². The zero-order valence-electron chi connectivity index (χ0n) is 14.0. The van der Waals surface area contributed by atoms with Gasteiger partial charge in [-0.2, -0.15) is 5.10 Å². The number of nitrogens with one attached hydrogen (secondary N) is 1. The van der Waals surface area contributed by atoms with Crippen LogP contribution in [0.15, 0.2) is 65.7 Å². The second kappa shape index (κ2) is 7.08. The van der Waals surface area contributed by atoms with Crippen LogP contribution in [0.2, 0.25) is 0 Å². The van der Waals surface area contributed by atoms with E-state index in [2.05, 4.69) is 9.82 Å². The Bertz CT molecular complexity index is 949. The van der Waals surface area contributed by atoms with Gasteiger partial charge in [-0.1, -0.05) is 30.3 Å². The Morgan fingerprint density at radius 3 is 2.40 bits per heavy atom. The third-order valence-corrected chi connectivity index (χ3v) is 5.29. The lowest BCUT2D eigenvalue weighted by molar-refractivity contribution is 0.414. The molecule has 6 nitrogen and oxygen atoms in total. The molecule has 25 heavy (non-hydrogen) atoms. The quantitative estimate of drug-likeness (QED) is 0.736. The van der Waals surface area contributed by atoms with Crippen molar-refractivity contribution in [3.05, 3.63) is 72.1 Å². The summed E-state index contributed by atoms with van der Waals surface area (Å²) in [7, 11) is -2.07. The van der Waals surface area contributed by atoms with E-state index >= 15 is 0 Å². The van der Waals surface area contributed by atoms with E-state index in [0.717, 1.165) is 17.0 Å². The van der Waals surface area contributed by atoms with Crippen LogP contribution >= 0.6 is 0 Å². The number of aryl methyl sites for hydroxylation is 1. The average Bonchev–Trinajstić information content (AvgIpc) is 3.04. The number of ether oxygens (including phenoxy) is 1. The fourth-order valence-corrected chi connectivity index (χ4v) is 3.60. The Kier molecular flexibility index (Phi) is 4.87. The van der Waals surface area contributed by atoms with Gasteiger partial charge in [0.15, 0.2) is 0 Å². The molecule has 7 heteroatoms. The van der Waals surface area contributed by atoms with Gasteiger partial charge in [-0.25, -0.2) is 17.8 Å². The number of hydrogen-bond acceptors (Lipinski definition) is 4. The van der Waals surface area contributed by atoms with Gasteiger partial charge in [0, 0.05) is 6.54 Å². The molecule has 0 amide bonds. The number of benzene rings is 2. The first kappa shape index (κ1) is 17.2. The van der Waals surface area contributed by atoms with Gasteiger partial charge < -0.3 is 4.74 Å². The molecule has 0 aliphatic rings. The van der Waals surface area contributed by atoms with Gasteiger partial charge in [0.25, 0.3) is 0 Å². The fraction of sp³-hybridized carbons (Fsp3) is 0.167. The summed E-state index contributed by atoms with van der Waals surface area (Å²) < 4.78 is 34.5. The predicted octanol–water partition coefficient (Wildman–Crippen LogP) is 2.67. The number of aromatic nitrogens is 2. The highest BCUT2D eigenvalue weighted by atomic mass is 32.2. The van der Waals surface area contributed by atoms with E-state index in [-0.39, 0.29) is 11.4 Å². The molecule has 0 unspecified atom stereocenters. The van der Waals surface area contributed by atoms with E-state index in [9.17, 15) is 8.42 Å². The molecular weight excluding hydrogens is 338 g/mol. The average molecular weight is 357 g/mol. The van der Waals surface area contributed by atoms with Crippen LogP contribution in [-0.2, 0) is 16.6 Å². The molecule has 0 saturated heterocycles. The highest BCUT2D eigenvalue weighted by Crippen LogP contribution is 2.17. The molecule has 1 aromatic heterocycles. The number of methoxy groups -OCH3 is 1. The van der Waals surface area contributed by atoms with Crippen LogP contribution in [0.1, 0.15) is 11.3 Å². The zero-order valence-corrected chi connectivity index (χ0v) is 14.8. The molecule has 0 bridgehead atoms. The molecule has 0 spiro atoms. The van der Waals surface area contributed by atoms with Gasteiger partial charge in [-0.15, -0.1) is 0 Å². The molecule has 3 aromatic rings. The minimum absolute atomic E-state index is 0.171. The summed E-state index contributed by atoms with van der Waals surface area (Å²) in [6.45, 7) is 1.88. The Morgan fingerprint density at radius 2 is 1.76 bits per heavy atom. The van der Waals surface area contributed by atoms with Crippen molar-refractivity contribution >= 4 is 10.0 Å². The van der Waals surface area contributed by atoms with Crippen molar-refractivity contribution in [1.29, 1.82) is 0 Å². The van der Waals surface area contributed by atoms with Crippen molar-refractivity contribution in [2.45, 2.75) is 18.4 Å². The van der Waals surface area contributed by atoms with Crippen LogP contribution in [0.3, 0.4) is 0 Å². The second-order valence-electron chi connectivity index (χ2n) is 5.53. The number of para-hydroxylation sites is 1. The minimum Gasteiger partial charge on any atom is -0.497 e. The molecule has 0 radical (unpaired) electrons. The van der Waals surface area contributed by atoms with Crippen molar-refractivity contribution < 1.29 is 13.2 Å². The molecule has 3 rings (SSSR count). The lowest BCUT2D eigenvalue weighted by atomic mass is 10.2. The summed E-state index contributed by atoms with van der Waals surface area (Å²) in [6.07, 6.45) is 1.53. The van der Waals surface area contributed by atoms with E-state index in [0.29, 0.717) is 5.69 Å². The smallest absolute Gasteiger partial charge is 0.244 e. The molecule has 1 heterocycles. The molecule has 130 valence electrons. The van der Waals surface area contributed by atoms with E-state index in [1.807, 2.05) is 42.5 Å². The van der Waals surface area contributed by atoms with E-state index in [4.69, 9.17) is 4.74 Å². The first-order valence-corrected chi connectivity index (χ1v) is 9.22. The van der Waals surface area contributed by atoms with Gasteiger partial charge in [-0.3, -0.25) is 0 Å². The van der Waals surface area contributed by atoms with Crippen LogP contribution in [0.25, 0.3) is 5.69 Å². The summed E-state index contributed by atoms with van der Waals surface area (Å²) in [5.74, 6) is 0.728. The molecule has 1 N–H and O–H groups in total. The first-order chi connectivity index (χ1) is 12.0. The fourth-order valence-electron chi connectivity index (χ4n) is 2.42. The van der Waals surface area contributed by atoms with Gasteiger partial charge in [0.2, 0.25) is 10.0 Å². The maximum absolute atomic E-state index is 12.6. The molecule has 0 saturated carbocycles. The summed E-state index contributed by atoms with van der Waals surface area (Å²) in [6, 6.07) is 16.6. The summed E-state index contributed by atoms with van der Waals surface area (Å²) >= 11 is 0. The van der Waals surface area contributed by atoms with Crippen molar-refractivity contribution in [1.82, 2.24) is 14.5 Å². The van der Waals surface area contributed by atoms with Gasteiger partial charge in [0.05, 0.1) is 24.7 Å². The van der Waals surface area contributed by atoms with Crippen molar-refractivity contribution in [2.75, 3.05) is 7.11 Å². The van der Waals surface area contributed by atoms with Gasteiger partial charge in [0.1, 0.15) is 10.6 Å². The van der Waals surface area contributed by atoms with Crippen molar-refractivity contribution in [2.24, 2.45) is 0 Å². The third kappa shape index (κ3) is 3.89. The Hall–Kier alpha value is -2.64. The molecule has 0 aliphatic carbocycles. The van der Waals surface area contributed by atoms with Crippen LogP contribution in [0.5, 0.6) is 5.75 Å². The zero-order chi connectivity index (χ0) is 17.9. The van der Waals surface area contributed by atoms with Crippen LogP contribution in [-0.4, -0.2) is 25.3 Å². The number of sulfonamides is 1. The topological polar surface area (TPSA) is 73.2 Å². The van der Waals surface area contributed by atoms with Crippen LogP contribution in [0, 0.1) is 6.92 Å². The van der Waals surface area contributed by atoms with Crippen molar-refractivity contribution in [3.63, 3.8) is 0 Å². The third-order valence-electron chi connectivity index (χ3n) is 3.79. The second-order valence-corrected chi connectivity index (χ2v) is 7.27.